The third-order valence-electron chi connectivity index (χ3n) is 5.12. The van der Waals surface area contributed by atoms with Crippen molar-refractivity contribution in [2.24, 2.45) is 11.8 Å². The molecule has 2 unspecified atom stereocenters. The highest BCUT2D eigenvalue weighted by atomic mass is 35.5. The molecule has 2 heterocycles. The zero-order valence-corrected chi connectivity index (χ0v) is 17.3. The maximum atomic E-state index is 12.4. The van der Waals surface area contributed by atoms with Crippen LogP contribution in [0.5, 0.6) is 5.75 Å². The summed E-state index contributed by atoms with van der Waals surface area (Å²) in [6.45, 7) is 3.82. The number of hydrogen-bond acceptors (Lipinski definition) is 5. The average molecular weight is 421 g/mol. The van der Waals surface area contributed by atoms with E-state index in [1.807, 2.05) is 23.2 Å². The van der Waals surface area contributed by atoms with E-state index in [-0.39, 0.29) is 24.7 Å². The van der Waals surface area contributed by atoms with Gasteiger partial charge < -0.3 is 14.7 Å². The molecule has 1 aliphatic rings. The Morgan fingerprint density at radius 2 is 2.17 bits per heavy atom. The summed E-state index contributed by atoms with van der Waals surface area (Å²) in [5.41, 5.74) is 1.60. The molecule has 0 radical (unpaired) electrons. The number of aromatic nitrogens is 3. The van der Waals surface area contributed by atoms with Crippen LogP contribution in [-0.4, -0.2) is 57.1 Å². The first-order valence-electron chi connectivity index (χ1n) is 9.59. The maximum Gasteiger partial charge on any atom is 0.303 e. The lowest BCUT2D eigenvalue weighted by atomic mass is 10.0. The van der Waals surface area contributed by atoms with Gasteiger partial charge in [-0.3, -0.25) is 14.3 Å². The van der Waals surface area contributed by atoms with Crippen molar-refractivity contribution in [1.29, 1.82) is 0 Å². The lowest BCUT2D eigenvalue weighted by Gasteiger charge is -2.18. The molecule has 2 atom stereocenters. The van der Waals surface area contributed by atoms with E-state index in [1.165, 1.54) is 0 Å². The van der Waals surface area contributed by atoms with Crippen molar-refractivity contribution >= 4 is 23.5 Å². The van der Waals surface area contributed by atoms with Gasteiger partial charge in [0.2, 0.25) is 5.91 Å². The number of carboxylic acid groups (broad SMARTS) is 1. The molecule has 1 fully saturated rings. The minimum absolute atomic E-state index is 0.0141. The summed E-state index contributed by atoms with van der Waals surface area (Å²) in [7, 11) is 1.57. The average Bonchev–Trinajstić information content (AvgIpc) is 3.31. The van der Waals surface area contributed by atoms with Gasteiger partial charge >= 0.3 is 5.97 Å². The monoisotopic (exact) mass is 420 g/mol. The van der Waals surface area contributed by atoms with Crippen LogP contribution in [0, 0.1) is 11.8 Å². The first kappa shape index (κ1) is 21.1. The molecule has 1 aliphatic heterocycles. The van der Waals surface area contributed by atoms with Crippen LogP contribution in [-0.2, 0) is 16.1 Å². The number of aliphatic carboxylic acids is 1. The molecule has 1 amide bonds. The van der Waals surface area contributed by atoms with E-state index in [1.54, 1.807) is 24.8 Å². The molecule has 8 nitrogen and oxygen atoms in total. The van der Waals surface area contributed by atoms with E-state index in [2.05, 4.69) is 10.3 Å². The Morgan fingerprint density at radius 3 is 2.90 bits per heavy atom. The standard InChI is InChI=1S/C20H25ClN4O4/c1-13(8-20(27)28)7-19(26)24-6-5-14(10-24)11-25-12-17(22-23-25)15-3-4-16(21)18(9-15)29-2/h3-4,9,12-14H,5-8,10-11H2,1-2H3,(H,27,28). The molecule has 1 saturated heterocycles. The van der Waals surface area contributed by atoms with Gasteiger partial charge in [-0.05, 0) is 30.4 Å². The minimum atomic E-state index is -0.870. The largest absolute Gasteiger partial charge is 0.495 e. The van der Waals surface area contributed by atoms with Gasteiger partial charge in [0.15, 0.2) is 0 Å². The van der Waals surface area contributed by atoms with Crippen molar-refractivity contribution in [3.63, 3.8) is 0 Å². The SMILES string of the molecule is COc1cc(-c2cn(CC3CCN(C(=O)CC(C)CC(=O)O)C3)nn2)ccc1Cl. The van der Waals surface area contributed by atoms with Crippen LogP contribution >= 0.6 is 11.6 Å². The van der Waals surface area contributed by atoms with Crippen LogP contribution in [0.1, 0.15) is 26.2 Å². The number of carbonyl (C=O) groups is 2. The van der Waals surface area contributed by atoms with E-state index in [9.17, 15) is 9.59 Å². The molecule has 1 aromatic heterocycles. The molecule has 0 aliphatic carbocycles. The summed E-state index contributed by atoms with van der Waals surface area (Å²) >= 11 is 6.07. The summed E-state index contributed by atoms with van der Waals surface area (Å²) in [5.74, 6) is -0.129. The highest BCUT2D eigenvalue weighted by molar-refractivity contribution is 6.32. The molecular formula is C20H25ClN4O4. The summed E-state index contributed by atoms with van der Waals surface area (Å²) in [6, 6.07) is 5.46. The number of carboxylic acids is 1. The van der Waals surface area contributed by atoms with E-state index >= 15 is 0 Å². The number of likely N-dealkylation sites (tertiary alicyclic amines) is 1. The molecule has 29 heavy (non-hydrogen) atoms. The van der Waals surface area contributed by atoms with Crippen LogP contribution in [0.25, 0.3) is 11.3 Å². The van der Waals surface area contributed by atoms with Crippen LogP contribution in [0.4, 0.5) is 0 Å². The predicted octanol–water partition coefficient (Wildman–Crippen LogP) is 2.96. The molecule has 3 rings (SSSR count). The second-order valence-corrected chi connectivity index (χ2v) is 7.98. The number of benzene rings is 1. The number of rotatable bonds is 8. The highest BCUT2D eigenvalue weighted by Crippen LogP contribution is 2.29. The fourth-order valence-electron chi connectivity index (χ4n) is 3.61. The number of halogens is 1. The van der Waals surface area contributed by atoms with Crippen molar-refractivity contribution in [3.05, 3.63) is 29.4 Å². The number of methoxy groups -OCH3 is 1. The third-order valence-corrected chi connectivity index (χ3v) is 5.43. The van der Waals surface area contributed by atoms with Crippen LogP contribution in [0.2, 0.25) is 5.02 Å². The fourth-order valence-corrected chi connectivity index (χ4v) is 3.80. The number of hydrogen-bond donors (Lipinski definition) is 1. The van der Waals surface area contributed by atoms with Crippen LogP contribution in [0.15, 0.2) is 24.4 Å². The van der Waals surface area contributed by atoms with E-state index in [4.69, 9.17) is 21.4 Å². The second kappa shape index (κ2) is 9.26. The zero-order valence-electron chi connectivity index (χ0n) is 16.5. The Kier molecular flexibility index (Phi) is 6.74. The number of amides is 1. The Labute approximate surface area is 174 Å². The third kappa shape index (κ3) is 5.47. The molecule has 2 aromatic rings. The Bertz CT molecular complexity index is 885. The predicted molar refractivity (Wildman–Crippen MR) is 108 cm³/mol. The number of nitrogens with zero attached hydrogens (tertiary/aromatic N) is 4. The molecule has 0 saturated carbocycles. The molecular weight excluding hydrogens is 396 g/mol. The lowest BCUT2D eigenvalue weighted by Crippen LogP contribution is -2.30. The molecule has 1 aromatic carbocycles. The second-order valence-electron chi connectivity index (χ2n) is 7.58. The van der Waals surface area contributed by atoms with Crippen molar-refractivity contribution in [2.75, 3.05) is 20.2 Å². The summed E-state index contributed by atoms with van der Waals surface area (Å²) in [4.78, 5) is 25.0. The lowest BCUT2D eigenvalue weighted by molar-refractivity contribution is -0.138. The first-order chi connectivity index (χ1) is 13.9. The maximum absolute atomic E-state index is 12.4. The summed E-state index contributed by atoms with van der Waals surface area (Å²) in [6.07, 6.45) is 3.05. The van der Waals surface area contributed by atoms with Crippen molar-refractivity contribution in [3.8, 4) is 17.0 Å². The number of ether oxygens (including phenoxy) is 1. The Hall–Kier alpha value is -2.61. The fraction of sp³-hybridized carbons (Fsp3) is 0.500. The van der Waals surface area contributed by atoms with Crippen molar-refractivity contribution < 1.29 is 19.4 Å². The summed E-state index contributed by atoms with van der Waals surface area (Å²) in [5, 5.41) is 17.8. The zero-order chi connectivity index (χ0) is 21.0. The van der Waals surface area contributed by atoms with Gasteiger partial charge in [-0.2, -0.15) is 0 Å². The smallest absolute Gasteiger partial charge is 0.303 e. The van der Waals surface area contributed by atoms with Gasteiger partial charge in [-0.1, -0.05) is 29.8 Å². The molecule has 0 spiro atoms. The molecule has 9 heteroatoms. The van der Waals surface area contributed by atoms with Gasteiger partial charge in [0.05, 0.1) is 18.3 Å². The molecule has 0 bridgehead atoms. The van der Waals surface area contributed by atoms with E-state index in [0.29, 0.717) is 36.3 Å². The minimum Gasteiger partial charge on any atom is -0.495 e. The normalized spacial score (nSPS) is 17.3. The Morgan fingerprint density at radius 1 is 1.38 bits per heavy atom. The van der Waals surface area contributed by atoms with Crippen LogP contribution in [0.3, 0.4) is 0 Å². The van der Waals surface area contributed by atoms with Crippen molar-refractivity contribution in [2.45, 2.75) is 32.7 Å². The van der Waals surface area contributed by atoms with Gasteiger partial charge in [-0.25, -0.2) is 0 Å². The molecule has 156 valence electrons. The Balaban J connectivity index is 1.56. The van der Waals surface area contributed by atoms with Gasteiger partial charge in [0.1, 0.15) is 11.4 Å². The van der Waals surface area contributed by atoms with Gasteiger partial charge in [-0.15, -0.1) is 5.10 Å². The highest BCUT2D eigenvalue weighted by Gasteiger charge is 2.28. The van der Waals surface area contributed by atoms with Crippen LogP contribution < -0.4 is 4.74 Å². The van der Waals surface area contributed by atoms with Crippen molar-refractivity contribution in [1.82, 2.24) is 19.9 Å². The first-order valence-corrected chi connectivity index (χ1v) is 9.97. The van der Waals surface area contributed by atoms with Gasteiger partial charge in [0, 0.05) is 38.0 Å². The topological polar surface area (TPSA) is 97.5 Å². The quantitative estimate of drug-likeness (QED) is 0.705. The summed E-state index contributed by atoms with van der Waals surface area (Å²) < 4.78 is 7.04. The number of carbonyl (C=O) groups excluding carboxylic acids is 1. The molecule has 1 N–H and O–H groups in total. The van der Waals surface area contributed by atoms with Gasteiger partial charge in [0.25, 0.3) is 0 Å². The van der Waals surface area contributed by atoms with E-state index in [0.717, 1.165) is 17.7 Å². The van der Waals surface area contributed by atoms with E-state index < -0.39 is 5.97 Å².